The van der Waals surface area contributed by atoms with E-state index in [1.54, 1.807) is 0 Å². The lowest BCUT2D eigenvalue weighted by molar-refractivity contribution is 0.149. The Balaban J connectivity index is 1.70. The zero-order valence-corrected chi connectivity index (χ0v) is 11.6. The minimum Gasteiger partial charge on any atom is -0.317 e. The van der Waals surface area contributed by atoms with Gasteiger partial charge in [-0.2, -0.15) is 0 Å². The molecule has 1 aliphatic carbocycles. The van der Waals surface area contributed by atoms with Crippen LogP contribution in [-0.4, -0.2) is 37.1 Å². The predicted octanol–water partition coefficient (Wildman–Crippen LogP) is 3.03. The van der Waals surface area contributed by atoms with Crippen LogP contribution >= 0.6 is 0 Å². The van der Waals surface area contributed by atoms with Crippen molar-refractivity contribution in [3.63, 3.8) is 0 Å². The van der Waals surface area contributed by atoms with Crippen molar-refractivity contribution in [3.05, 3.63) is 0 Å². The molecule has 0 spiro atoms. The van der Waals surface area contributed by atoms with Crippen LogP contribution < -0.4 is 5.32 Å². The lowest BCUT2D eigenvalue weighted by Gasteiger charge is -2.35. The molecule has 100 valence electrons. The number of piperidine rings is 1. The Kier molecular flexibility index (Phi) is 5.79. The molecule has 2 nitrogen and oxygen atoms in total. The van der Waals surface area contributed by atoms with Crippen molar-refractivity contribution in [1.29, 1.82) is 0 Å². The third-order valence-electron chi connectivity index (χ3n) is 4.78. The summed E-state index contributed by atoms with van der Waals surface area (Å²) >= 11 is 0. The zero-order valence-electron chi connectivity index (χ0n) is 11.6. The number of hydrogen-bond donors (Lipinski definition) is 1. The highest BCUT2D eigenvalue weighted by Gasteiger charge is 2.21. The van der Waals surface area contributed by atoms with Crippen LogP contribution in [0.4, 0.5) is 0 Å². The second-order valence-electron chi connectivity index (χ2n) is 5.90. The second kappa shape index (κ2) is 7.38. The second-order valence-corrected chi connectivity index (χ2v) is 5.90. The van der Waals surface area contributed by atoms with Gasteiger partial charge in [-0.05, 0) is 64.2 Å². The first-order valence-electron chi connectivity index (χ1n) is 7.85. The molecule has 1 saturated heterocycles. The van der Waals surface area contributed by atoms with Crippen LogP contribution in [-0.2, 0) is 0 Å². The maximum atomic E-state index is 3.47. The maximum absolute atomic E-state index is 3.47. The molecule has 2 aliphatic rings. The molecule has 2 heteroatoms. The Morgan fingerprint density at radius 1 is 1.00 bits per heavy atom. The SMILES string of the molecule is CCN(CCC1CCNCC1)C1CCCCC1. The molecule has 0 atom stereocenters. The average Bonchev–Trinajstić information content (AvgIpc) is 2.42. The van der Waals surface area contributed by atoms with Gasteiger partial charge in [0.2, 0.25) is 0 Å². The fraction of sp³-hybridized carbons (Fsp3) is 1.00. The lowest BCUT2D eigenvalue weighted by atomic mass is 9.91. The van der Waals surface area contributed by atoms with Crippen LogP contribution in [0, 0.1) is 5.92 Å². The van der Waals surface area contributed by atoms with Crippen molar-refractivity contribution < 1.29 is 0 Å². The number of rotatable bonds is 5. The minimum atomic E-state index is 0.912. The van der Waals surface area contributed by atoms with Gasteiger partial charge < -0.3 is 10.2 Å². The van der Waals surface area contributed by atoms with Crippen molar-refractivity contribution in [3.8, 4) is 0 Å². The van der Waals surface area contributed by atoms with Gasteiger partial charge in [0.1, 0.15) is 0 Å². The molecule has 1 aliphatic heterocycles. The predicted molar refractivity (Wildman–Crippen MR) is 74.3 cm³/mol. The molecule has 1 saturated carbocycles. The number of nitrogens with zero attached hydrogens (tertiary/aromatic N) is 1. The molecule has 2 fully saturated rings. The molecule has 0 bridgehead atoms. The van der Waals surface area contributed by atoms with Crippen LogP contribution in [0.2, 0.25) is 0 Å². The lowest BCUT2D eigenvalue weighted by Crippen LogP contribution is -2.38. The zero-order chi connectivity index (χ0) is 11.9. The van der Waals surface area contributed by atoms with E-state index >= 15 is 0 Å². The van der Waals surface area contributed by atoms with Crippen molar-refractivity contribution in [2.75, 3.05) is 26.2 Å². The highest BCUT2D eigenvalue weighted by Crippen LogP contribution is 2.24. The molecule has 1 heterocycles. The van der Waals surface area contributed by atoms with Crippen molar-refractivity contribution in [2.45, 2.75) is 64.3 Å². The van der Waals surface area contributed by atoms with E-state index in [-0.39, 0.29) is 0 Å². The summed E-state index contributed by atoms with van der Waals surface area (Å²) in [6, 6.07) is 0.912. The fourth-order valence-electron chi connectivity index (χ4n) is 3.56. The molecule has 1 N–H and O–H groups in total. The molecule has 2 rings (SSSR count). The first-order chi connectivity index (χ1) is 8.40. The van der Waals surface area contributed by atoms with E-state index in [2.05, 4.69) is 17.1 Å². The summed E-state index contributed by atoms with van der Waals surface area (Å²) in [5, 5.41) is 3.47. The van der Waals surface area contributed by atoms with Gasteiger partial charge in [-0.1, -0.05) is 26.2 Å². The Labute approximate surface area is 107 Å². The molecular weight excluding hydrogens is 208 g/mol. The smallest absolute Gasteiger partial charge is 0.00951 e. The van der Waals surface area contributed by atoms with E-state index in [4.69, 9.17) is 0 Å². The number of hydrogen-bond acceptors (Lipinski definition) is 2. The molecule has 0 aromatic rings. The summed E-state index contributed by atoms with van der Waals surface area (Å²) in [6.07, 6.45) is 11.6. The van der Waals surface area contributed by atoms with E-state index in [1.807, 2.05) is 0 Å². The highest BCUT2D eigenvalue weighted by molar-refractivity contribution is 4.77. The van der Waals surface area contributed by atoms with Gasteiger partial charge in [0.15, 0.2) is 0 Å². The van der Waals surface area contributed by atoms with Crippen LogP contribution in [0.1, 0.15) is 58.3 Å². The normalized spacial score (nSPS) is 24.4. The maximum Gasteiger partial charge on any atom is 0.00951 e. The molecule has 0 amide bonds. The summed E-state index contributed by atoms with van der Waals surface area (Å²) in [6.45, 7) is 7.46. The van der Waals surface area contributed by atoms with Gasteiger partial charge in [0.25, 0.3) is 0 Å². The van der Waals surface area contributed by atoms with E-state index in [1.165, 1.54) is 77.5 Å². The summed E-state index contributed by atoms with van der Waals surface area (Å²) in [4.78, 5) is 2.77. The van der Waals surface area contributed by atoms with Crippen LogP contribution in [0.3, 0.4) is 0 Å². The van der Waals surface area contributed by atoms with Gasteiger partial charge in [0.05, 0.1) is 0 Å². The Morgan fingerprint density at radius 2 is 1.71 bits per heavy atom. The van der Waals surface area contributed by atoms with Gasteiger partial charge in [0, 0.05) is 6.04 Å². The van der Waals surface area contributed by atoms with Gasteiger partial charge in [-0.15, -0.1) is 0 Å². The van der Waals surface area contributed by atoms with E-state index < -0.39 is 0 Å². The summed E-state index contributed by atoms with van der Waals surface area (Å²) in [5.41, 5.74) is 0. The summed E-state index contributed by atoms with van der Waals surface area (Å²) < 4.78 is 0. The van der Waals surface area contributed by atoms with Crippen LogP contribution in [0.15, 0.2) is 0 Å². The molecule has 0 aromatic carbocycles. The molecule has 0 aromatic heterocycles. The monoisotopic (exact) mass is 238 g/mol. The topological polar surface area (TPSA) is 15.3 Å². The van der Waals surface area contributed by atoms with E-state index in [9.17, 15) is 0 Å². The third-order valence-corrected chi connectivity index (χ3v) is 4.78. The largest absolute Gasteiger partial charge is 0.317 e. The summed E-state index contributed by atoms with van der Waals surface area (Å²) in [7, 11) is 0. The first-order valence-corrected chi connectivity index (χ1v) is 7.85. The quantitative estimate of drug-likeness (QED) is 0.792. The Bertz CT molecular complexity index is 193. The fourth-order valence-corrected chi connectivity index (χ4v) is 3.56. The van der Waals surface area contributed by atoms with Gasteiger partial charge >= 0.3 is 0 Å². The van der Waals surface area contributed by atoms with E-state index in [0.717, 1.165) is 12.0 Å². The standard InChI is InChI=1S/C15H30N2/c1-2-17(15-6-4-3-5-7-15)13-10-14-8-11-16-12-9-14/h14-16H,2-13H2,1H3. The van der Waals surface area contributed by atoms with Crippen molar-refractivity contribution >= 4 is 0 Å². The van der Waals surface area contributed by atoms with E-state index in [0.29, 0.717) is 0 Å². The Hall–Kier alpha value is -0.0800. The van der Waals surface area contributed by atoms with Crippen molar-refractivity contribution in [1.82, 2.24) is 10.2 Å². The third kappa shape index (κ3) is 4.26. The minimum absolute atomic E-state index is 0.912. The first kappa shape index (κ1) is 13.4. The molecule has 0 radical (unpaired) electrons. The van der Waals surface area contributed by atoms with Crippen LogP contribution in [0.5, 0.6) is 0 Å². The molecule has 0 unspecified atom stereocenters. The summed E-state index contributed by atoms with van der Waals surface area (Å²) in [5.74, 6) is 0.994. The molecule has 17 heavy (non-hydrogen) atoms. The Morgan fingerprint density at radius 3 is 2.35 bits per heavy atom. The van der Waals surface area contributed by atoms with Crippen molar-refractivity contribution in [2.24, 2.45) is 5.92 Å². The van der Waals surface area contributed by atoms with Crippen LogP contribution in [0.25, 0.3) is 0 Å². The average molecular weight is 238 g/mol. The van der Waals surface area contributed by atoms with Gasteiger partial charge in [-0.3, -0.25) is 0 Å². The highest BCUT2D eigenvalue weighted by atomic mass is 15.1. The van der Waals surface area contributed by atoms with Gasteiger partial charge in [-0.25, -0.2) is 0 Å². The number of nitrogens with one attached hydrogen (secondary N) is 1. The molecular formula is C15H30N2.